The number of carbonyl (C=O) groups excluding carboxylic acids is 1. The highest BCUT2D eigenvalue weighted by Gasteiger charge is 2.51. The maximum absolute atomic E-state index is 12.0. The van der Waals surface area contributed by atoms with Gasteiger partial charge >= 0.3 is 12.1 Å². The summed E-state index contributed by atoms with van der Waals surface area (Å²) in [5.74, 6) is -2.75. The van der Waals surface area contributed by atoms with E-state index < -0.39 is 25.1 Å². The molecule has 0 bridgehead atoms. The van der Waals surface area contributed by atoms with Crippen molar-refractivity contribution in [2.24, 2.45) is 5.41 Å². The Balaban J connectivity index is 0.00000141. The minimum Gasteiger partial charge on any atom is -0.441 e. The molecule has 5 N–H and O–H groups in total. The molecule has 3 heterocycles. The molecule has 0 unspecified atom stereocenters. The largest absolute Gasteiger partial charge is 0.441 e. The van der Waals surface area contributed by atoms with E-state index in [1.807, 2.05) is 19.9 Å². The molecule has 4 rings (SSSR count). The Hall–Kier alpha value is -1.76. The third kappa shape index (κ3) is 5.59. The molecule has 0 radical (unpaired) electrons. The lowest BCUT2D eigenvalue weighted by atomic mass is 9.64. The van der Waals surface area contributed by atoms with Crippen LogP contribution in [-0.2, 0) is 4.74 Å². The van der Waals surface area contributed by atoms with Crippen LogP contribution in [-0.4, -0.2) is 96.0 Å². The summed E-state index contributed by atoms with van der Waals surface area (Å²) in [6.45, 7) is 6.15. The van der Waals surface area contributed by atoms with Gasteiger partial charge in [0.05, 0.1) is 0 Å². The maximum atomic E-state index is 12.0. The molecule has 1 aromatic rings. The molecule has 1 amide bonds. The minimum atomic E-state index is -3.01. The number of piperidine rings is 1. The highest BCUT2D eigenvalue weighted by Crippen LogP contribution is 2.51. The summed E-state index contributed by atoms with van der Waals surface area (Å²) >= 11 is 0. The number of hydrogen-bond donors (Lipinski definition) is 5. The second-order valence-corrected chi connectivity index (χ2v) is 8.92. The molecule has 1 spiro atoms. The first kappa shape index (κ1) is 24.9. The van der Waals surface area contributed by atoms with Crippen LogP contribution in [0.3, 0.4) is 0 Å². The number of likely N-dealkylation sites (tertiary alicyclic amines) is 2. The van der Waals surface area contributed by atoms with E-state index in [9.17, 15) is 15.0 Å². The number of ether oxygens (including phenoxy) is 1. The van der Waals surface area contributed by atoms with E-state index in [2.05, 4.69) is 10.00 Å². The van der Waals surface area contributed by atoms with Gasteiger partial charge in [0.2, 0.25) is 0 Å². The summed E-state index contributed by atoms with van der Waals surface area (Å²) in [5.41, 5.74) is 0.951. The first-order chi connectivity index (χ1) is 15.2. The van der Waals surface area contributed by atoms with Crippen molar-refractivity contribution in [3.63, 3.8) is 0 Å². The van der Waals surface area contributed by atoms with Crippen molar-refractivity contribution in [1.82, 2.24) is 19.6 Å². The molecule has 1 saturated carbocycles. The lowest BCUT2D eigenvalue weighted by Gasteiger charge is -2.51. The Bertz CT molecular complexity index is 750. The summed E-state index contributed by atoms with van der Waals surface area (Å²) in [6.07, 6.45) is 4.13. The van der Waals surface area contributed by atoms with Crippen LogP contribution in [0.2, 0.25) is 0 Å². The van der Waals surface area contributed by atoms with Gasteiger partial charge in [-0.1, -0.05) is 13.8 Å². The van der Waals surface area contributed by atoms with Crippen molar-refractivity contribution in [2.45, 2.75) is 70.3 Å². The van der Waals surface area contributed by atoms with E-state index in [1.54, 1.807) is 11.1 Å². The van der Waals surface area contributed by atoms with Crippen molar-refractivity contribution in [2.75, 3.05) is 32.8 Å². The Kier molecular flexibility index (Phi) is 7.79. The van der Waals surface area contributed by atoms with Crippen molar-refractivity contribution < 1.29 is 35.1 Å². The Labute approximate surface area is 187 Å². The summed E-state index contributed by atoms with van der Waals surface area (Å²) in [4.78, 5) is 16.1. The van der Waals surface area contributed by atoms with Crippen molar-refractivity contribution in [3.8, 4) is 0 Å². The van der Waals surface area contributed by atoms with E-state index in [4.69, 9.17) is 20.1 Å². The van der Waals surface area contributed by atoms with Gasteiger partial charge in [0.15, 0.2) is 6.61 Å². The van der Waals surface area contributed by atoms with Gasteiger partial charge in [0.25, 0.3) is 6.41 Å². The molecule has 3 aliphatic rings. The van der Waals surface area contributed by atoms with E-state index in [0.717, 1.165) is 50.9 Å². The van der Waals surface area contributed by atoms with E-state index in [-0.39, 0.29) is 11.3 Å². The number of aliphatic hydroxyl groups is 5. The Morgan fingerprint density at radius 2 is 1.88 bits per heavy atom. The van der Waals surface area contributed by atoms with Crippen LogP contribution < -0.4 is 0 Å². The van der Waals surface area contributed by atoms with Gasteiger partial charge in [0, 0.05) is 36.9 Å². The lowest BCUT2D eigenvalue weighted by molar-refractivity contribution is -0.325. The van der Waals surface area contributed by atoms with Crippen LogP contribution in [0.1, 0.15) is 64.0 Å². The normalized spacial score (nSPS) is 26.8. The number of carbonyl (C=O) groups is 1. The van der Waals surface area contributed by atoms with Crippen LogP contribution >= 0.6 is 0 Å². The molecule has 1 aromatic heterocycles. The maximum Gasteiger partial charge on any atom is 0.410 e. The summed E-state index contributed by atoms with van der Waals surface area (Å²) in [5, 5.41) is 49.4. The predicted molar refractivity (Wildman–Crippen MR) is 113 cm³/mol. The van der Waals surface area contributed by atoms with Gasteiger partial charge in [0.1, 0.15) is 0 Å². The molecular formula is C21H36N4O7. The highest BCUT2D eigenvalue weighted by molar-refractivity contribution is 5.68. The zero-order valence-electron chi connectivity index (χ0n) is 18.8. The lowest BCUT2D eigenvalue weighted by Crippen LogP contribution is -2.54. The van der Waals surface area contributed by atoms with Crippen LogP contribution in [0, 0.1) is 5.41 Å². The average Bonchev–Trinajstić information content (AvgIpc) is 3.40. The third-order valence-electron chi connectivity index (χ3n) is 6.81. The van der Waals surface area contributed by atoms with Gasteiger partial charge in [-0.2, -0.15) is 5.10 Å². The smallest absolute Gasteiger partial charge is 0.410 e. The van der Waals surface area contributed by atoms with Gasteiger partial charge in [-0.05, 0) is 56.7 Å². The number of aliphatic hydroxyl groups excluding tert-OH is 1. The van der Waals surface area contributed by atoms with E-state index in [1.165, 1.54) is 4.68 Å². The first-order valence-electron chi connectivity index (χ1n) is 11.4. The standard InChI is InChI=1S/C19H30N4O7.C2H6/c24-16(25)23-15(1-5-20-23)13-2-6-21(7-3-13)14-9-18(10-14)4-8-22(11-18)17(26)30-12-19(27,28)29;1-2/h1,5,13-14,16,24-25,27-29H,2-4,6-12H2;1-2H3. The fourth-order valence-electron chi connectivity index (χ4n) is 5.27. The summed E-state index contributed by atoms with van der Waals surface area (Å²) < 4.78 is 6.02. The molecule has 1 aliphatic carbocycles. The summed E-state index contributed by atoms with van der Waals surface area (Å²) in [6, 6.07) is 2.33. The van der Waals surface area contributed by atoms with Gasteiger partial charge in [-0.15, -0.1) is 0 Å². The first-order valence-corrected chi connectivity index (χ1v) is 11.4. The molecule has 32 heavy (non-hydrogen) atoms. The number of nitrogens with zero attached hydrogens (tertiary/aromatic N) is 4. The molecular weight excluding hydrogens is 420 g/mol. The Morgan fingerprint density at radius 3 is 2.47 bits per heavy atom. The van der Waals surface area contributed by atoms with Gasteiger partial charge < -0.3 is 40.1 Å². The molecule has 0 atom stereocenters. The van der Waals surface area contributed by atoms with Crippen LogP contribution in [0.4, 0.5) is 4.79 Å². The van der Waals surface area contributed by atoms with Gasteiger partial charge in [-0.25, -0.2) is 9.48 Å². The number of amides is 1. The Morgan fingerprint density at radius 1 is 1.22 bits per heavy atom. The molecule has 2 aliphatic heterocycles. The third-order valence-corrected chi connectivity index (χ3v) is 6.81. The monoisotopic (exact) mass is 456 g/mol. The second kappa shape index (κ2) is 10.0. The molecule has 182 valence electrons. The van der Waals surface area contributed by atoms with Crippen molar-refractivity contribution in [3.05, 3.63) is 18.0 Å². The van der Waals surface area contributed by atoms with Crippen LogP contribution in [0.5, 0.6) is 0 Å². The van der Waals surface area contributed by atoms with Crippen LogP contribution in [0.25, 0.3) is 0 Å². The zero-order chi connectivity index (χ0) is 23.5. The molecule has 2 saturated heterocycles. The zero-order valence-corrected chi connectivity index (χ0v) is 18.8. The minimum absolute atomic E-state index is 0.0921. The summed E-state index contributed by atoms with van der Waals surface area (Å²) in [7, 11) is 0. The quantitative estimate of drug-likeness (QED) is 0.390. The average molecular weight is 457 g/mol. The molecule has 0 aromatic carbocycles. The number of rotatable bonds is 5. The van der Waals surface area contributed by atoms with Crippen molar-refractivity contribution >= 4 is 6.09 Å². The molecule has 3 fully saturated rings. The number of aromatic nitrogens is 2. The number of hydrogen-bond acceptors (Lipinski definition) is 9. The SMILES string of the molecule is CC.O=C(OCC(O)(O)O)N1CCC2(CC(N3CCC(c4ccnn4C(O)O)CC3)C2)C1. The highest BCUT2D eigenvalue weighted by atomic mass is 16.7. The van der Waals surface area contributed by atoms with Crippen molar-refractivity contribution in [1.29, 1.82) is 0 Å². The molecule has 11 nitrogen and oxygen atoms in total. The van der Waals surface area contributed by atoms with Gasteiger partial charge in [-0.3, -0.25) is 0 Å². The van der Waals surface area contributed by atoms with Crippen LogP contribution in [0.15, 0.2) is 12.3 Å². The predicted octanol–water partition coefficient (Wildman–Crippen LogP) is 0.151. The fourth-order valence-corrected chi connectivity index (χ4v) is 5.27. The fraction of sp³-hybridized carbons (Fsp3) is 0.810. The topological polar surface area (TPSA) is 152 Å². The molecule has 11 heteroatoms. The van der Waals surface area contributed by atoms with E-state index in [0.29, 0.717) is 19.1 Å². The second-order valence-electron chi connectivity index (χ2n) is 8.92. The van der Waals surface area contributed by atoms with E-state index >= 15 is 0 Å².